The van der Waals surface area contributed by atoms with Crippen molar-refractivity contribution in [1.29, 1.82) is 0 Å². The molecule has 6 N–H and O–H groups in total. The van der Waals surface area contributed by atoms with E-state index >= 15 is 0 Å². The van der Waals surface area contributed by atoms with Crippen molar-refractivity contribution in [2.45, 2.75) is 154 Å². The fourth-order valence-corrected chi connectivity index (χ4v) is 7.89. The average molecular weight is 786 g/mol. The number of ether oxygens (including phenoxy) is 7. The fourth-order valence-electron chi connectivity index (χ4n) is 7.89. The second-order valence-electron chi connectivity index (χ2n) is 15.8. The van der Waals surface area contributed by atoms with Crippen LogP contribution in [-0.4, -0.2) is 154 Å². The highest BCUT2D eigenvalue weighted by molar-refractivity contribution is 7.45. The van der Waals surface area contributed by atoms with Gasteiger partial charge in [0.25, 0.3) is 0 Å². The third-order valence-corrected chi connectivity index (χ3v) is 11.4. The Hall–Kier alpha value is -1.15. The molecule has 0 aromatic rings. The lowest BCUT2D eigenvalue weighted by Crippen LogP contribution is -2.57. The molecule has 0 radical (unpaired) electrons. The molecular formula is C35H64NO16P. The highest BCUT2D eigenvalue weighted by Crippen LogP contribution is 2.43. The summed E-state index contributed by atoms with van der Waals surface area (Å²) < 4.78 is 51.9. The van der Waals surface area contributed by atoms with E-state index in [-0.39, 0.29) is 43.3 Å². The Bertz CT molecular complexity index is 1240. The van der Waals surface area contributed by atoms with E-state index in [9.17, 15) is 24.9 Å². The zero-order valence-corrected chi connectivity index (χ0v) is 33.7. The van der Waals surface area contributed by atoms with Gasteiger partial charge in [-0.05, 0) is 60.5 Å². The predicted octanol–water partition coefficient (Wildman–Crippen LogP) is 0.980. The molecule has 17 nitrogen and oxygen atoms in total. The molecule has 0 aliphatic carbocycles. The number of hydrogen-bond donors (Lipinski definition) is 6. The average Bonchev–Trinajstić information content (AvgIpc) is 3.85. The molecule has 0 aromatic carbocycles. The molecule has 1 unspecified atom stereocenters. The van der Waals surface area contributed by atoms with Gasteiger partial charge in [0.05, 0.1) is 49.1 Å². The summed E-state index contributed by atoms with van der Waals surface area (Å²) in [5, 5.41) is 33.3. The minimum Gasteiger partial charge on any atom is -0.462 e. The van der Waals surface area contributed by atoms with Crippen molar-refractivity contribution in [3.63, 3.8) is 0 Å². The summed E-state index contributed by atoms with van der Waals surface area (Å²) in [6, 6.07) is -0.219. The standard InChI is InChI=1S/C35H61NO12.H3O4P/c1-16-14-35(15-43-35)32(40)19(4)27(37)18(3)22(7)46-33(41)21(6)31(47-26-13-25(42-11)28(38)23(8)45-26)20(5)30(16)48-34-29(39)24(36(9)10)12-17(2)44-34;1-5(2,3)4/h16-31,34,37-39H,12-15H2,1-11H3;(H3,1,2,3,4)/t16-,17+,18-,19+,20+,21+,22+,23-,24-,25-,26+,27-,28-,29+,30-,31-,34?,35-;/m0./s1. The zero-order valence-electron chi connectivity index (χ0n) is 32.8. The van der Waals surface area contributed by atoms with Crippen molar-refractivity contribution >= 4 is 19.6 Å². The molecule has 0 bridgehead atoms. The molecule has 4 fully saturated rings. The number of phosphoric acid groups is 1. The number of aliphatic hydroxyl groups excluding tert-OH is 3. The Kier molecular flexibility index (Phi) is 16.5. The molecule has 1 spiro atoms. The van der Waals surface area contributed by atoms with Crippen LogP contribution < -0.4 is 0 Å². The van der Waals surface area contributed by atoms with Crippen LogP contribution in [0.5, 0.6) is 0 Å². The topological polar surface area (TPSA) is 244 Å². The Morgan fingerprint density at radius 3 is 1.91 bits per heavy atom. The number of rotatable bonds is 6. The number of likely N-dealkylation sites (N-methyl/N-ethyl adjacent to an activating group) is 1. The van der Waals surface area contributed by atoms with E-state index in [1.54, 1.807) is 34.6 Å². The number of nitrogens with zero attached hydrogens (tertiary/aromatic N) is 1. The first-order valence-electron chi connectivity index (χ1n) is 18.4. The lowest BCUT2D eigenvalue weighted by Gasteiger charge is -2.46. The second-order valence-corrected chi connectivity index (χ2v) is 16.8. The van der Waals surface area contributed by atoms with Crippen molar-refractivity contribution in [2.75, 3.05) is 27.8 Å². The maximum absolute atomic E-state index is 13.9. The molecule has 18 atom stereocenters. The summed E-state index contributed by atoms with van der Waals surface area (Å²) in [5.41, 5.74) is -1.10. The van der Waals surface area contributed by atoms with Gasteiger partial charge in [-0.15, -0.1) is 0 Å². The minimum atomic E-state index is -4.64. The van der Waals surface area contributed by atoms with Gasteiger partial charge in [-0.25, -0.2) is 4.57 Å². The van der Waals surface area contributed by atoms with E-state index in [2.05, 4.69) is 0 Å². The highest BCUT2D eigenvalue weighted by Gasteiger charge is 2.57. The number of esters is 1. The number of hydrogen-bond acceptors (Lipinski definition) is 14. The highest BCUT2D eigenvalue weighted by atomic mass is 31.2. The molecule has 4 saturated heterocycles. The summed E-state index contributed by atoms with van der Waals surface area (Å²) in [6.45, 7) is 14.6. The zero-order chi connectivity index (χ0) is 40.3. The van der Waals surface area contributed by atoms with E-state index in [1.807, 2.05) is 39.8 Å². The number of Topliss-reactive ketones (excluding diaryl/α,β-unsaturated/α-hetero) is 1. The summed E-state index contributed by atoms with van der Waals surface area (Å²) in [7, 11) is 0.685. The van der Waals surface area contributed by atoms with E-state index in [1.165, 1.54) is 7.11 Å². The molecular weight excluding hydrogens is 721 g/mol. The van der Waals surface area contributed by atoms with Crippen molar-refractivity contribution in [1.82, 2.24) is 4.90 Å². The summed E-state index contributed by atoms with van der Waals surface area (Å²) in [5.74, 6) is -3.74. The molecule has 4 aliphatic heterocycles. The van der Waals surface area contributed by atoms with Crippen molar-refractivity contribution in [3.05, 3.63) is 0 Å². The number of carbonyl (C=O) groups excluding carboxylic acids is 2. The Labute approximate surface area is 312 Å². The van der Waals surface area contributed by atoms with E-state index in [0.717, 1.165) is 0 Å². The third kappa shape index (κ3) is 11.9. The van der Waals surface area contributed by atoms with Gasteiger partial charge in [0.2, 0.25) is 0 Å². The van der Waals surface area contributed by atoms with Gasteiger partial charge in [0.1, 0.15) is 18.3 Å². The van der Waals surface area contributed by atoms with Gasteiger partial charge >= 0.3 is 13.8 Å². The molecule has 53 heavy (non-hydrogen) atoms. The van der Waals surface area contributed by atoms with E-state index in [4.69, 9.17) is 52.4 Å². The van der Waals surface area contributed by atoms with Gasteiger partial charge in [0.15, 0.2) is 24.0 Å². The molecule has 18 heteroatoms. The third-order valence-electron chi connectivity index (χ3n) is 11.4. The molecule has 4 heterocycles. The van der Waals surface area contributed by atoms with E-state index in [0.29, 0.717) is 6.42 Å². The Balaban J connectivity index is 0.00000141. The molecule has 0 amide bonds. The van der Waals surface area contributed by atoms with Gasteiger partial charge in [-0.1, -0.05) is 27.7 Å². The molecule has 310 valence electrons. The van der Waals surface area contributed by atoms with Crippen LogP contribution in [0.3, 0.4) is 0 Å². The van der Waals surface area contributed by atoms with Gasteiger partial charge in [0, 0.05) is 37.3 Å². The number of epoxide rings is 1. The second kappa shape index (κ2) is 18.9. The van der Waals surface area contributed by atoms with Crippen LogP contribution >= 0.6 is 7.82 Å². The van der Waals surface area contributed by atoms with Crippen molar-refractivity contribution in [3.8, 4) is 0 Å². The van der Waals surface area contributed by atoms with Gasteiger partial charge < -0.3 is 68.1 Å². The maximum Gasteiger partial charge on any atom is 0.466 e. The largest absolute Gasteiger partial charge is 0.466 e. The number of aliphatic hydroxyl groups is 3. The fraction of sp³-hybridized carbons (Fsp3) is 0.943. The van der Waals surface area contributed by atoms with Gasteiger partial charge in [-0.3, -0.25) is 9.59 Å². The molecule has 4 rings (SSSR count). The molecule has 0 saturated carbocycles. The van der Waals surface area contributed by atoms with Crippen LogP contribution in [0, 0.1) is 29.6 Å². The summed E-state index contributed by atoms with van der Waals surface area (Å²) in [6.07, 6.45) is -7.15. The van der Waals surface area contributed by atoms with Crippen molar-refractivity contribution < 1.29 is 77.3 Å². The lowest BCUT2D eigenvalue weighted by atomic mass is 9.76. The predicted molar refractivity (Wildman–Crippen MR) is 188 cm³/mol. The number of cyclic esters (lactones) is 1. The quantitative estimate of drug-likeness (QED) is 0.125. The minimum absolute atomic E-state index is 0.198. The first kappa shape index (κ1) is 46.2. The number of ketones is 1. The summed E-state index contributed by atoms with van der Waals surface area (Å²) in [4.78, 5) is 51.2. The van der Waals surface area contributed by atoms with Crippen LogP contribution in [0.25, 0.3) is 0 Å². The van der Waals surface area contributed by atoms with Crippen LogP contribution in [0.4, 0.5) is 0 Å². The van der Waals surface area contributed by atoms with Crippen LogP contribution in [0.1, 0.15) is 74.7 Å². The smallest absolute Gasteiger partial charge is 0.462 e. The normalized spacial score (nSPS) is 46.3. The first-order chi connectivity index (χ1) is 24.4. The summed E-state index contributed by atoms with van der Waals surface area (Å²) >= 11 is 0. The monoisotopic (exact) mass is 785 g/mol. The maximum atomic E-state index is 13.9. The van der Waals surface area contributed by atoms with Crippen LogP contribution in [-0.2, 0) is 47.3 Å². The van der Waals surface area contributed by atoms with Crippen LogP contribution in [0.15, 0.2) is 0 Å². The molecule has 4 aliphatic rings. The molecule has 0 aromatic heterocycles. The first-order valence-corrected chi connectivity index (χ1v) is 20.0. The van der Waals surface area contributed by atoms with E-state index < -0.39 is 104 Å². The van der Waals surface area contributed by atoms with Crippen LogP contribution in [0.2, 0.25) is 0 Å². The van der Waals surface area contributed by atoms with Gasteiger partial charge in [-0.2, -0.15) is 0 Å². The van der Waals surface area contributed by atoms with Crippen molar-refractivity contribution in [2.24, 2.45) is 29.6 Å². The number of carbonyl (C=O) groups is 2. The Morgan fingerprint density at radius 1 is 0.792 bits per heavy atom. The lowest BCUT2D eigenvalue weighted by molar-refractivity contribution is -0.299. The Morgan fingerprint density at radius 2 is 1.38 bits per heavy atom. The number of methoxy groups -OCH3 is 1. The SMILES string of the molecule is CO[C@H]1C[C@@H](O[C@H]2[C@H](C)[C@@H](OC3O[C@H](C)C[C@H](N(C)C)[C@H]3O)[C@@H](C)C[C@]3(CO3)C(=O)[C@H](C)[C@@H](O)[C@@H](C)[C@@H](C)OC(=O)[C@@H]2C)O[C@@H](C)[C@@H]1O.O=P(O)(O)O.